The van der Waals surface area contributed by atoms with Crippen molar-refractivity contribution in [3.8, 4) is 12.3 Å². The first-order chi connectivity index (χ1) is 5.33. The summed E-state index contributed by atoms with van der Waals surface area (Å²) < 4.78 is 5.39. The Bertz CT molecular complexity index is 150. The van der Waals surface area contributed by atoms with E-state index < -0.39 is 0 Å². The molecule has 1 aliphatic heterocycles. The van der Waals surface area contributed by atoms with E-state index in [1.165, 1.54) is 0 Å². The van der Waals surface area contributed by atoms with Crippen molar-refractivity contribution in [2.75, 3.05) is 26.2 Å². The van der Waals surface area contributed by atoms with Gasteiger partial charge in [0.15, 0.2) is 0 Å². The van der Waals surface area contributed by atoms with Gasteiger partial charge in [0.2, 0.25) is 0 Å². The van der Waals surface area contributed by atoms with E-state index in [2.05, 4.69) is 17.7 Å². The molecule has 0 bridgehead atoms. The molecular weight excluding hydrogens is 138 g/mol. The highest BCUT2D eigenvalue weighted by atomic mass is 16.5. The third-order valence-electron chi connectivity index (χ3n) is 1.90. The molecule has 2 heteroatoms. The molecule has 0 unspecified atom stereocenters. The van der Waals surface area contributed by atoms with Gasteiger partial charge in [0.25, 0.3) is 0 Å². The average molecular weight is 153 g/mol. The summed E-state index contributed by atoms with van der Waals surface area (Å²) in [6, 6.07) is 0. The molecule has 0 saturated carbocycles. The number of rotatable bonds is 2. The van der Waals surface area contributed by atoms with E-state index >= 15 is 0 Å². The molecule has 0 N–H and O–H groups in total. The molecule has 2 nitrogen and oxygen atoms in total. The smallest absolute Gasteiger partial charge is 0.0674 e. The van der Waals surface area contributed by atoms with Crippen LogP contribution in [0.5, 0.6) is 0 Å². The SMILES string of the molecule is C#CCCN1CCO[C@H](C)C1. The van der Waals surface area contributed by atoms with Crippen molar-refractivity contribution in [3.63, 3.8) is 0 Å². The number of ether oxygens (including phenoxy) is 1. The second-order valence-electron chi connectivity index (χ2n) is 2.94. The van der Waals surface area contributed by atoms with Crippen LogP contribution >= 0.6 is 0 Å². The molecule has 1 heterocycles. The second-order valence-corrected chi connectivity index (χ2v) is 2.94. The molecule has 1 fully saturated rings. The van der Waals surface area contributed by atoms with E-state index in [1.807, 2.05) is 0 Å². The van der Waals surface area contributed by atoms with Gasteiger partial charge < -0.3 is 4.74 Å². The fourth-order valence-electron chi connectivity index (χ4n) is 1.32. The van der Waals surface area contributed by atoms with Crippen LogP contribution in [0, 0.1) is 12.3 Å². The standard InChI is InChI=1S/C9H15NO/c1-3-4-5-10-6-7-11-9(2)8-10/h1,9H,4-8H2,2H3/t9-/m1/s1. The van der Waals surface area contributed by atoms with Gasteiger partial charge in [-0.05, 0) is 6.92 Å². The van der Waals surface area contributed by atoms with Crippen molar-refractivity contribution in [3.05, 3.63) is 0 Å². The fraction of sp³-hybridized carbons (Fsp3) is 0.778. The molecular formula is C9H15NO. The van der Waals surface area contributed by atoms with Crippen LogP contribution in [0.4, 0.5) is 0 Å². The molecule has 0 aromatic carbocycles. The maximum Gasteiger partial charge on any atom is 0.0674 e. The monoisotopic (exact) mass is 153 g/mol. The van der Waals surface area contributed by atoms with Gasteiger partial charge in [-0.1, -0.05) is 0 Å². The minimum absolute atomic E-state index is 0.376. The Balaban J connectivity index is 2.18. The van der Waals surface area contributed by atoms with Crippen molar-refractivity contribution >= 4 is 0 Å². The maximum absolute atomic E-state index is 5.39. The highest BCUT2D eigenvalue weighted by Crippen LogP contribution is 2.03. The Kier molecular flexibility index (Phi) is 3.41. The zero-order valence-electron chi connectivity index (χ0n) is 7.05. The van der Waals surface area contributed by atoms with Crippen LogP contribution in [0.3, 0.4) is 0 Å². The Labute approximate surface area is 68.5 Å². The van der Waals surface area contributed by atoms with Crippen LogP contribution < -0.4 is 0 Å². The van der Waals surface area contributed by atoms with E-state index in [9.17, 15) is 0 Å². The third kappa shape index (κ3) is 2.92. The quantitative estimate of drug-likeness (QED) is 0.542. The van der Waals surface area contributed by atoms with Crippen molar-refractivity contribution in [1.29, 1.82) is 0 Å². The van der Waals surface area contributed by atoms with Crippen LogP contribution in [0.2, 0.25) is 0 Å². The minimum Gasteiger partial charge on any atom is -0.376 e. The number of hydrogen-bond acceptors (Lipinski definition) is 2. The van der Waals surface area contributed by atoms with Gasteiger partial charge in [-0.2, -0.15) is 0 Å². The molecule has 1 atom stereocenters. The van der Waals surface area contributed by atoms with Crippen LogP contribution in [-0.2, 0) is 4.74 Å². The summed E-state index contributed by atoms with van der Waals surface area (Å²) in [6.07, 6.45) is 6.40. The van der Waals surface area contributed by atoms with Crippen LogP contribution in [0.1, 0.15) is 13.3 Å². The van der Waals surface area contributed by atoms with Gasteiger partial charge >= 0.3 is 0 Å². The predicted octanol–water partition coefficient (Wildman–Crippen LogP) is 0.730. The van der Waals surface area contributed by atoms with Crippen molar-refractivity contribution in [1.82, 2.24) is 4.90 Å². The topological polar surface area (TPSA) is 12.5 Å². The molecule has 0 aliphatic carbocycles. The molecule has 0 radical (unpaired) electrons. The zero-order chi connectivity index (χ0) is 8.10. The fourth-order valence-corrected chi connectivity index (χ4v) is 1.32. The Hall–Kier alpha value is -0.520. The van der Waals surface area contributed by atoms with Crippen LogP contribution in [-0.4, -0.2) is 37.2 Å². The third-order valence-corrected chi connectivity index (χ3v) is 1.90. The first kappa shape index (κ1) is 8.58. The summed E-state index contributed by atoms with van der Waals surface area (Å²) in [5, 5.41) is 0. The highest BCUT2D eigenvalue weighted by molar-refractivity contribution is 4.85. The van der Waals surface area contributed by atoms with Crippen molar-refractivity contribution in [2.24, 2.45) is 0 Å². The number of morpholine rings is 1. The molecule has 1 rings (SSSR count). The van der Waals surface area contributed by atoms with E-state index in [0.717, 1.165) is 32.7 Å². The lowest BCUT2D eigenvalue weighted by atomic mass is 10.3. The number of nitrogens with zero attached hydrogens (tertiary/aromatic N) is 1. The highest BCUT2D eigenvalue weighted by Gasteiger charge is 2.14. The maximum atomic E-state index is 5.39. The van der Waals surface area contributed by atoms with Crippen LogP contribution in [0.25, 0.3) is 0 Å². The number of terminal acetylenes is 1. The van der Waals surface area contributed by atoms with Gasteiger partial charge in [-0.3, -0.25) is 4.90 Å². The second kappa shape index (κ2) is 4.38. The van der Waals surface area contributed by atoms with E-state index in [1.54, 1.807) is 0 Å². The van der Waals surface area contributed by atoms with E-state index in [4.69, 9.17) is 11.2 Å². The average Bonchev–Trinajstić information content (AvgIpc) is 2.01. The first-order valence-corrected chi connectivity index (χ1v) is 4.10. The van der Waals surface area contributed by atoms with Gasteiger partial charge in [-0.15, -0.1) is 12.3 Å². The van der Waals surface area contributed by atoms with Gasteiger partial charge in [0.05, 0.1) is 12.7 Å². The summed E-state index contributed by atoms with van der Waals surface area (Å²) in [4.78, 5) is 2.36. The molecule has 0 amide bonds. The van der Waals surface area contributed by atoms with Gasteiger partial charge in [0, 0.05) is 26.1 Å². The van der Waals surface area contributed by atoms with Gasteiger partial charge in [0.1, 0.15) is 0 Å². The summed E-state index contributed by atoms with van der Waals surface area (Å²) in [5.41, 5.74) is 0. The van der Waals surface area contributed by atoms with E-state index in [-0.39, 0.29) is 0 Å². The Morgan fingerprint density at radius 3 is 3.18 bits per heavy atom. The Morgan fingerprint density at radius 1 is 1.73 bits per heavy atom. The summed E-state index contributed by atoms with van der Waals surface area (Å²) >= 11 is 0. The molecule has 11 heavy (non-hydrogen) atoms. The Morgan fingerprint density at radius 2 is 2.55 bits per heavy atom. The summed E-state index contributed by atoms with van der Waals surface area (Å²) in [7, 11) is 0. The largest absolute Gasteiger partial charge is 0.376 e. The minimum atomic E-state index is 0.376. The first-order valence-electron chi connectivity index (χ1n) is 4.10. The van der Waals surface area contributed by atoms with Crippen molar-refractivity contribution in [2.45, 2.75) is 19.4 Å². The molecule has 0 spiro atoms. The molecule has 0 aromatic rings. The molecule has 0 aromatic heterocycles. The molecule has 1 saturated heterocycles. The predicted molar refractivity (Wildman–Crippen MR) is 45.3 cm³/mol. The summed E-state index contributed by atoms with van der Waals surface area (Å²) in [5.74, 6) is 2.65. The van der Waals surface area contributed by atoms with Crippen molar-refractivity contribution < 1.29 is 4.74 Å². The lowest BCUT2D eigenvalue weighted by Crippen LogP contribution is -2.41. The molecule has 1 aliphatic rings. The summed E-state index contributed by atoms with van der Waals surface area (Å²) in [6.45, 7) is 6.03. The normalized spacial score (nSPS) is 26.4. The zero-order valence-corrected chi connectivity index (χ0v) is 7.05. The molecule has 62 valence electrons. The van der Waals surface area contributed by atoms with Gasteiger partial charge in [-0.25, -0.2) is 0 Å². The van der Waals surface area contributed by atoms with Crippen LogP contribution in [0.15, 0.2) is 0 Å². The lowest BCUT2D eigenvalue weighted by Gasteiger charge is -2.30. The lowest BCUT2D eigenvalue weighted by molar-refractivity contribution is -0.0173. The number of hydrogen-bond donors (Lipinski definition) is 0. The van der Waals surface area contributed by atoms with E-state index in [0.29, 0.717) is 6.10 Å².